The molecular formula is C40H36ClN7O6. The van der Waals surface area contributed by atoms with Crippen LogP contribution in [0.2, 0.25) is 5.15 Å². The number of carbonyl (C=O) groups is 6. The molecule has 3 heterocycles. The fourth-order valence-corrected chi connectivity index (χ4v) is 6.60. The van der Waals surface area contributed by atoms with E-state index in [0.717, 1.165) is 0 Å². The molecule has 6 rings (SSSR count). The molecule has 54 heavy (non-hydrogen) atoms. The predicted octanol–water partition coefficient (Wildman–Crippen LogP) is 5.62. The summed E-state index contributed by atoms with van der Waals surface area (Å²) < 4.78 is 0. The number of anilines is 3. The Kier molecular flexibility index (Phi) is 12.1. The zero-order valence-electron chi connectivity index (χ0n) is 29.0. The predicted molar refractivity (Wildman–Crippen MR) is 202 cm³/mol. The molecule has 2 aliphatic rings. The van der Waals surface area contributed by atoms with Crippen LogP contribution in [0, 0.1) is 23.7 Å². The molecule has 5 N–H and O–H groups in total. The third-order valence-corrected chi connectivity index (χ3v) is 9.27. The summed E-state index contributed by atoms with van der Waals surface area (Å²) in [7, 11) is 0. The first-order valence-electron chi connectivity index (χ1n) is 17.5. The summed E-state index contributed by atoms with van der Waals surface area (Å²) in [5.74, 6) is 3.22. The number of hydrogen-bond acceptors (Lipinski definition) is 9. The Labute approximate surface area is 316 Å². The summed E-state index contributed by atoms with van der Waals surface area (Å²) in [6.07, 6.45) is 5.19. The first kappa shape index (κ1) is 37.4. The monoisotopic (exact) mass is 745 g/mol. The fraction of sp³-hybridized carbons (Fsp3) is 0.250. The SMILES string of the molecule is O=C1CCC(C2CCC(=O)c3c(NCCCCNC(=O)c4cccc(C#Cc5cc(NC(=O)Nc6ccnc(Cl)c6)ccn5)c4)cccc3C2=O)C(=O)N1. The Bertz CT molecular complexity index is 2200. The van der Waals surface area contributed by atoms with Crippen LogP contribution in [-0.4, -0.2) is 58.4 Å². The second-order valence-corrected chi connectivity index (χ2v) is 13.2. The quantitative estimate of drug-likeness (QED) is 0.0451. The molecule has 2 unspecified atom stereocenters. The van der Waals surface area contributed by atoms with E-state index in [1.54, 1.807) is 60.7 Å². The average molecular weight is 746 g/mol. The van der Waals surface area contributed by atoms with E-state index in [1.807, 2.05) is 0 Å². The van der Waals surface area contributed by atoms with E-state index in [2.05, 4.69) is 48.4 Å². The van der Waals surface area contributed by atoms with Gasteiger partial charge in [0.1, 0.15) is 10.8 Å². The number of fused-ring (bicyclic) bond motifs is 1. The molecule has 14 heteroatoms. The summed E-state index contributed by atoms with van der Waals surface area (Å²) in [4.78, 5) is 84.3. The van der Waals surface area contributed by atoms with Crippen molar-refractivity contribution in [3.63, 3.8) is 0 Å². The molecule has 5 amide bonds. The summed E-state index contributed by atoms with van der Waals surface area (Å²) in [5, 5.41) is 14.2. The summed E-state index contributed by atoms with van der Waals surface area (Å²) in [6, 6.07) is 17.9. The van der Waals surface area contributed by atoms with Crippen molar-refractivity contribution in [2.75, 3.05) is 29.0 Å². The number of amides is 5. The van der Waals surface area contributed by atoms with Crippen LogP contribution >= 0.6 is 11.6 Å². The van der Waals surface area contributed by atoms with Crippen LogP contribution in [0.3, 0.4) is 0 Å². The number of Topliss-reactive ketones (excluding diaryl/α,β-unsaturated/α-hetero) is 2. The van der Waals surface area contributed by atoms with Crippen molar-refractivity contribution in [1.29, 1.82) is 0 Å². The van der Waals surface area contributed by atoms with Gasteiger partial charge in [-0.2, -0.15) is 0 Å². The fourth-order valence-electron chi connectivity index (χ4n) is 6.43. The van der Waals surface area contributed by atoms with Gasteiger partial charge in [0.05, 0.1) is 5.56 Å². The van der Waals surface area contributed by atoms with E-state index in [-0.39, 0.29) is 47.8 Å². The highest BCUT2D eigenvalue weighted by atomic mass is 35.5. The molecule has 1 fully saturated rings. The van der Waals surface area contributed by atoms with Crippen molar-refractivity contribution < 1.29 is 28.8 Å². The smallest absolute Gasteiger partial charge is 0.323 e. The maximum Gasteiger partial charge on any atom is 0.323 e. The number of piperidine rings is 1. The summed E-state index contributed by atoms with van der Waals surface area (Å²) in [6.45, 7) is 0.921. The van der Waals surface area contributed by atoms with Crippen LogP contribution in [0.1, 0.15) is 80.9 Å². The highest BCUT2D eigenvalue weighted by molar-refractivity contribution is 6.29. The third-order valence-electron chi connectivity index (χ3n) is 9.06. The Morgan fingerprint density at radius 2 is 1.56 bits per heavy atom. The van der Waals surface area contributed by atoms with Gasteiger partial charge in [0.15, 0.2) is 11.6 Å². The molecule has 1 aliphatic carbocycles. The summed E-state index contributed by atoms with van der Waals surface area (Å²) >= 11 is 5.87. The molecule has 2 aromatic carbocycles. The minimum Gasteiger partial charge on any atom is -0.384 e. The van der Waals surface area contributed by atoms with Gasteiger partial charge in [-0.15, -0.1) is 0 Å². The number of imide groups is 1. The van der Waals surface area contributed by atoms with Crippen molar-refractivity contribution in [3.05, 3.63) is 112 Å². The summed E-state index contributed by atoms with van der Waals surface area (Å²) in [5.41, 5.74) is 3.64. The lowest BCUT2D eigenvalue weighted by Crippen LogP contribution is -2.45. The van der Waals surface area contributed by atoms with Gasteiger partial charge in [-0.05, 0) is 80.1 Å². The normalized spacial score (nSPS) is 16.5. The Morgan fingerprint density at radius 3 is 2.35 bits per heavy atom. The number of nitrogens with one attached hydrogen (secondary N) is 5. The minimum absolute atomic E-state index is 0.130. The number of nitrogens with zero attached hydrogens (tertiary/aromatic N) is 2. The third kappa shape index (κ3) is 9.53. The van der Waals surface area contributed by atoms with E-state index in [9.17, 15) is 28.8 Å². The first-order valence-corrected chi connectivity index (χ1v) is 17.9. The van der Waals surface area contributed by atoms with E-state index in [0.29, 0.717) is 77.4 Å². The number of unbranched alkanes of at least 4 members (excludes halogenated alkanes) is 1. The van der Waals surface area contributed by atoms with Gasteiger partial charge in [-0.3, -0.25) is 29.3 Å². The van der Waals surface area contributed by atoms with E-state index in [4.69, 9.17) is 11.6 Å². The number of rotatable bonds is 10. The number of benzene rings is 2. The number of urea groups is 1. The standard InChI is InChI=1S/C40H36ClN7O6/c41-34-23-28(16-20-44-34)47-40(54)46-27-15-19-42-26(22-27)10-9-24-5-3-6-25(21-24)38(52)45-18-2-1-17-43-32-8-4-7-31-36(32)33(49)13-11-29(37(31)51)30-12-14-35(50)48-39(30)53/h3-8,15-16,19-23,29-30,43H,1-2,11-14,17-18H2,(H,45,52)(H,48,50,53)(H2,42,44,46,47,54). The number of halogens is 1. The molecular weight excluding hydrogens is 710 g/mol. The molecule has 4 aromatic rings. The second kappa shape index (κ2) is 17.4. The lowest BCUT2D eigenvalue weighted by molar-refractivity contribution is -0.137. The van der Waals surface area contributed by atoms with E-state index >= 15 is 0 Å². The molecule has 0 bridgehead atoms. The molecule has 274 valence electrons. The van der Waals surface area contributed by atoms with E-state index < -0.39 is 23.8 Å². The maximum atomic E-state index is 13.6. The molecule has 1 saturated heterocycles. The molecule has 1 aliphatic heterocycles. The lowest BCUT2D eigenvalue weighted by atomic mass is 9.79. The molecule has 13 nitrogen and oxygen atoms in total. The molecule has 2 atom stereocenters. The highest BCUT2D eigenvalue weighted by Crippen LogP contribution is 2.35. The number of pyridine rings is 2. The van der Waals surface area contributed by atoms with Crippen LogP contribution in [0.15, 0.2) is 79.1 Å². The van der Waals surface area contributed by atoms with Gasteiger partial charge in [-0.25, -0.2) is 14.8 Å². The molecule has 0 saturated carbocycles. The van der Waals surface area contributed by atoms with Crippen LogP contribution in [0.5, 0.6) is 0 Å². The van der Waals surface area contributed by atoms with Crippen molar-refractivity contribution in [2.24, 2.45) is 11.8 Å². The number of ketones is 2. The van der Waals surface area contributed by atoms with Crippen LogP contribution in [-0.2, 0) is 9.59 Å². The Hall–Kier alpha value is -6.39. The van der Waals surface area contributed by atoms with Gasteiger partial charge >= 0.3 is 6.03 Å². The highest BCUT2D eigenvalue weighted by Gasteiger charge is 2.40. The largest absolute Gasteiger partial charge is 0.384 e. The number of aromatic nitrogens is 2. The van der Waals surface area contributed by atoms with Crippen molar-refractivity contribution in [2.45, 2.75) is 38.5 Å². The second-order valence-electron chi connectivity index (χ2n) is 12.8. The zero-order valence-corrected chi connectivity index (χ0v) is 29.8. The Balaban J connectivity index is 0.973. The zero-order chi connectivity index (χ0) is 38.0. The maximum absolute atomic E-state index is 13.6. The minimum atomic E-state index is -0.659. The van der Waals surface area contributed by atoms with Crippen LogP contribution in [0.4, 0.5) is 21.9 Å². The van der Waals surface area contributed by atoms with Gasteiger partial charge in [0.25, 0.3) is 5.91 Å². The van der Waals surface area contributed by atoms with Gasteiger partial charge in [0, 0.05) is 83.9 Å². The molecule has 2 aromatic heterocycles. The molecule has 0 spiro atoms. The van der Waals surface area contributed by atoms with E-state index in [1.165, 1.54) is 18.5 Å². The van der Waals surface area contributed by atoms with Crippen LogP contribution < -0.4 is 26.6 Å². The van der Waals surface area contributed by atoms with Crippen molar-refractivity contribution in [1.82, 2.24) is 20.6 Å². The van der Waals surface area contributed by atoms with Gasteiger partial charge in [0.2, 0.25) is 11.8 Å². The number of hydrogen-bond donors (Lipinski definition) is 5. The average Bonchev–Trinajstić information content (AvgIpc) is 3.28. The van der Waals surface area contributed by atoms with Gasteiger partial charge < -0.3 is 21.3 Å². The molecule has 0 radical (unpaired) electrons. The Morgan fingerprint density at radius 1 is 0.815 bits per heavy atom. The van der Waals surface area contributed by atoms with Crippen molar-refractivity contribution >= 4 is 64.0 Å². The van der Waals surface area contributed by atoms with Crippen molar-refractivity contribution in [3.8, 4) is 11.8 Å². The topological polar surface area (TPSA) is 188 Å². The first-order chi connectivity index (χ1) is 26.1. The van der Waals surface area contributed by atoms with Crippen LogP contribution in [0.25, 0.3) is 0 Å². The lowest BCUT2D eigenvalue weighted by Gasteiger charge is -2.27. The van der Waals surface area contributed by atoms with Gasteiger partial charge in [-0.1, -0.05) is 35.7 Å². The number of carbonyl (C=O) groups excluding carboxylic acids is 6.